The van der Waals surface area contributed by atoms with E-state index >= 15 is 0 Å². The molecule has 2 aromatic carbocycles. The van der Waals surface area contributed by atoms with Crippen molar-refractivity contribution in [2.75, 3.05) is 6.61 Å². The van der Waals surface area contributed by atoms with Crippen LogP contribution in [0.1, 0.15) is 17.2 Å². The molecule has 0 aliphatic heterocycles. The monoisotopic (exact) mass is 261 g/mol. The van der Waals surface area contributed by atoms with E-state index in [1.165, 1.54) is 12.1 Å². The largest absolute Gasteiger partial charge is 0.505 e. The number of phenolic OH excluding ortho intramolecular Hbond substituents is 1. The second-order valence-electron chi connectivity index (χ2n) is 4.31. The molecule has 0 fully saturated rings. The number of halogens is 1. The van der Waals surface area contributed by atoms with Crippen molar-refractivity contribution >= 4 is 0 Å². The highest BCUT2D eigenvalue weighted by molar-refractivity contribution is 5.30. The minimum Gasteiger partial charge on any atom is -0.505 e. The van der Waals surface area contributed by atoms with E-state index in [0.717, 1.165) is 5.56 Å². The molecule has 3 N–H and O–H groups in total. The van der Waals surface area contributed by atoms with E-state index in [1.807, 2.05) is 30.3 Å². The van der Waals surface area contributed by atoms with Gasteiger partial charge in [-0.25, -0.2) is 4.39 Å². The van der Waals surface area contributed by atoms with E-state index in [9.17, 15) is 9.50 Å². The molecule has 100 valence electrons. The first-order valence-corrected chi connectivity index (χ1v) is 6.07. The lowest BCUT2D eigenvalue weighted by Gasteiger charge is -2.17. The van der Waals surface area contributed by atoms with Crippen LogP contribution in [0.25, 0.3) is 0 Å². The van der Waals surface area contributed by atoms with Gasteiger partial charge in [0.25, 0.3) is 0 Å². The summed E-state index contributed by atoms with van der Waals surface area (Å²) in [5.74, 6) is -1.07. The van der Waals surface area contributed by atoms with Gasteiger partial charge in [-0.3, -0.25) is 0 Å². The number of hydrogen-bond donors (Lipinski definition) is 3. The maximum Gasteiger partial charge on any atom is 0.165 e. The summed E-state index contributed by atoms with van der Waals surface area (Å²) in [7, 11) is 0. The van der Waals surface area contributed by atoms with Crippen LogP contribution in [0.15, 0.2) is 48.5 Å². The quantitative estimate of drug-likeness (QED) is 0.774. The van der Waals surface area contributed by atoms with Gasteiger partial charge in [-0.15, -0.1) is 0 Å². The molecule has 0 saturated carbocycles. The Labute approximate surface area is 111 Å². The van der Waals surface area contributed by atoms with Gasteiger partial charge in [0.2, 0.25) is 0 Å². The standard InChI is InChI=1S/C15H16FNO2/c16-13-8-12(6-7-15(13)19)14(10-18)17-9-11-4-2-1-3-5-11/h1-8,14,17-19H,9-10H2. The molecule has 0 amide bonds. The van der Waals surface area contributed by atoms with Gasteiger partial charge in [0.05, 0.1) is 12.6 Å². The van der Waals surface area contributed by atoms with Crippen molar-refractivity contribution in [2.45, 2.75) is 12.6 Å². The normalized spacial score (nSPS) is 12.3. The fraction of sp³-hybridized carbons (Fsp3) is 0.200. The Morgan fingerprint density at radius 2 is 1.84 bits per heavy atom. The fourth-order valence-electron chi connectivity index (χ4n) is 1.86. The summed E-state index contributed by atoms with van der Waals surface area (Å²) in [4.78, 5) is 0. The maximum atomic E-state index is 13.3. The molecule has 0 radical (unpaired) electrons. The summed E-state index contributed by atoms with van der Waals surface area (Å²) in [6, 6.07) is 13.5. The highest BCUT2D eigenvalue weighted by atomic mass is 19.1. The number of aromatic hydroxyl groups is 1. The molecule has 0 saturated heterocycles. The molecule has 19 heavy (non-hydrogen) atoms. The van der Waals surface area contributed by atoms with Gasteiger partial charge in [0.15, 0.2) is 11.6 Å². The van der Waals surface area contributed by atoms with E-state index in [-0.39, 0.29) is 18.4 Å². The predicted molar refractivity (Wildman–Crippen MR) is 71.2 cm³/mol. The van der Waals surface area contributed by atoms with Gasteiger partial charge in [0.1, 0.15) is 0 Å². The minimum absolute atomic E-state index is 0.142. The Balaban J connectivity index is 2.05. The van der Waals surface area contributed by atoms with Crippen LogP contribution < -0.4 is 5.32 Å². The van der Waals surface area contributed by atoms with Crippen molar-refractivity contribution in [1.29, 1.82) is 0 Å². The molecule has 2 aromatic rings. The van der Waals surface area contributed by atoms with Crippen LogP contribution in [0.3, 0.4) is 0 Å². The number of rotatable bonds is 5. The van der Waals surface area contributed by atoms with Gasteiger partial charge >= 0.3 is 0 Å². The smallest absolute Gasteiger partial charge is 0.165 e. The van der Waals surface area contributed by atoms with Crippen LogP contribution in [-0.4, -0.2) is 16.8 Å². The van der Waals surface area contributed by atoms with E-state index < -0.39 is 5.82 Å². The Morgan fingerprint density at radius 3 is 2.47 bits per heavy atom. The average molecular weight is 261 g/mol. The van der Waals surface area contributed by atoms with Crippen molar-refractivity contribution in [2.24, 2.45) is 0 Å². The molecule has 2 rings (SSSR count). The number of aliphatic hydroxyl groups is 1. The number of hydrogen-bond acceptors (Lipinski definition) is 3. The second-order valence-corrected chi connectivity index (χ2v) is 4.31. The van der Waals surface area contributed by atoms with Crippen LogP contribution in [0.4, 0.5) is 4.39 Å². The summed E-state index contributed by atoms with van der Waals surface area (Å²) in [6.07, 6.45) is 0. The number of nitrogens with one attached hydrogen (secondary N) is 1. The molecule has 1 atom stereocenters. The van der Waals surface area contributed by atoms with Crippen molar-refractivity contribution in [3.8, 4) is 5.75 Å². The molecular formula is C15H16FNO2. The summed E-state index contributed by atoms with van der Waals surface area (Å²) in [6.45, 7) is 0.436. The topological polar surface area (TPSA) is 52.5 Å². The molecule has 0 bridgehead atoms. The molecule has 0 aromatic heterocycles. The van der Waals surface area contributed by atoms with Crippen LogP contribution >= 0.6 is 0 Å². The van der Waals surface area contributed by atoms with E-state index in [0.29, 0.717) is 12.1 Å². The predicted octanol–water partition coefficient (Wildman–Crippen LogP) is 2.35. The first kappa shape index (κ1) is 13.5. The molecule has 0 aliphatic rings. The molecule has 3 nitrogen and oxygen atoms in total. The van der Waals surface area contributed by atoms with Crippen LogP contribution in [0, 0.1) is 5.82 Å². The summed E-state index contributed by atoms with van der Waals surface area (Å²) in [5, 5.41) is 21.7. The summed E-state index contributed by atoms with van der Waals surface area (Å²) >= 11 is 0. The van der Waals surface area contributed by atoms with Crippen LogP contribution in [0.2, 0.25) is 0 Å². The molecule has 4 heteroatoms. The Kier molecular flexibility index (Phi) is 4.49. The van der Waals surface area contributed by atoms with Gasteiger partial charge in [-0.1, -0.05) is 36.4 Å². The second kappa shape index (κ2) is 6.31. The maximum absolute atomic E-state index is 13.3. The van der Waals surface area contributed by atoms with Crippen molar-refractivity contribution in [1.82, 2.24) is 5.32 Å². The van der Waals surface area contributed by atoms with Crippen molar-refractivity contribution < 1.29 is 14.6 Å². The molecule has 0 spiro atoms. The Morgan fingerprint density at radius 1 is 1.11 bits per heavy atom. The third-order valence-corrected chi connectivity index (χ3v) is 2.95. The highest BCUT2D eigenvalue weighted by Gasteiger charge is 2.12. The zero-order chi connectivity index (χ0) is 13.7. The lowest BCUT2D eigenvalue weighted by atomic mass is 10.1. The molecule has 1 unspecified atom stereocenters. The van der Waals surface area contributed by atoms with Gasteiger partial charge in [0, 0.05) is 6.54 Å². The van der Waals surface area contributed by atoms with Crippen molar-refractivity contribution in [3.63, 3.8) is 0 Å². The third kappa shape index (κ3) is 3.53. The van der Waals surface area contributed by atoms with E-state index in [2.05, 4.69) is 5.32 Å². The number of benzene rings is 2. The zero-order valence-corrected chi connectivity index (χ0v) is 10.4. The first-order chi connectivity index (χ1) is 9.20. The Bertz CT molecular complexity index is 531. The zero-order valence-electron chi connectivity index (χ0n) is 10.4. The van der Waals surface area contributed by atoms with Crippen molar-refractivity contribution in [3.05, 3.63) is 65.5 Å². The minimum atomic E-state index is -0.683. The van der Waals surface area contributed by atoms with Gasteiger partial charge < -0.3 is 15.5 Å². The first-order valence-electron chi connectivity index (χ1n) is 6.07. The van der Waals surface area contributed by atoms with Gasteiger partial charge in [-0.2, -0.15) is 0 Å². The summed E-state index contributed by atoms with van der Waals surface area (Å²) < 4.78 is 13.3. The lowest BCUT2D eigenvalue weighted by Crippen LogP contribution is -2.24. The van der Waals surface area contributed by atoms with Crippen LogP contribution in [-0.2, 0) is 6.54 Å². The van der Waals surface area contributed by atoms with Crippen LogP contribution in [0.5, 0.6) is 5.75 Å². The van der Waals surface area contributed by atoms with E-state index in [1.54, 1.807) is 6.07 Å². The number of phenols is 1. The number of aliphatic hydroxyl groups excluding tert-OH is 1. The lowest BCUT2D eigenvalue weighted by molar-refractivity contribution is 0.243. The highest BCUT2D eigenvalue weighted by Crippen LogP contribution is 2.21. The van der Waals surface area contributed by atoms with E-state index in [4.69, 9.17) is 5.11 Å². The molecule has 0 aliphatic carbocycles. The SMILES string of the molecule is OCC(NCc1ccccc1)c1ccc(O)c(F)c1. The molecule has 0 heterocycles. The van der Waals surface area contributed by atoms with Gasteiger partial charge in [-0.05, 0) is 23.3 Å². The Hall–Kier alpha value is -1.91. The fourth-order valence-corrected chi connectivity index (χ4v) is 1.86. The summed E-state index contributed by atoms with van der Waals surface area (Å²) in [5.41, 5.74) is 1.69. The molecular weight excluding hydrogens is 245 g/mol. The third-order valence-electron chi connectivity index (χ3n) is 2.95. The average Bonchev–Trinajstić information content (AvgIpc) is 2.44.